The average molecular weight is 373 g/mol. The van der Waals surface area contributed by atoms with Crippen LogP contribution in [-0.4, -0.2) is 50.7 Å². The maximum absolute atomic E-state index is 12.2. The fourth-order valence-electron chi connectivity index (χ4n) is 2.05. The molecule has 1 aliphatic heterocycles. The van der Waals surface area contributed by atoms with Gasteiger partial charge in [-0.3, -0.25) is 9.59 Å². The van der Waals surface area contributed by atoms with E-state index < -0.39 is 0 Å². The first-order chi connectivity index (χ1) is 10.6. The van der Waals surface area contributed by atoms with Crippen LogP contribution in [0.5, 0.6) is 0 Å². The number of ketones is 1. The largest absolute Gasteiger partial charge is 0.295 e. The van der Waals surface area contributed by atoms with Gasteiger partial charge in [0.05, 0.1) is 0 Å². The summed E-state index contributed by atoms with van der Waals surface area (Å²) in [6.07, 6.45) is 2.16. The minimum Gasteiger partial charge on any atom is -0.295 e. The summed E-state index contributed by atoms with van der Waals surface area (Å²) >= 11 is 7.36. The number of hydrogen-bond donors (Lipinski definition) is 0. The van der Waals surface area contributed by atoms with E-state index in [-0.39, 0.29) is 10.9 Å². The van der Waals surface area contributed by atoms with Crippen LogP contribution in [-0.2, 0) is 0 Å². The number of Topliss-reactive ketones (excluding diaryl/α,β-unsaturated/α-hetero) is 1. The molecule has 120 valence electrons. The number of rotatable bonds is 6. The fraction of sp³-hybridized carbons (Fsp3) is 0.500. The normalized spacial score (nSPS) is 21.5. The summed E-state index contributed by atoms with van der Waals surface area (Å²) in [4.78, 5) is 23.4. The van der Waals surface area contributed by atoms with E-state index in [1.165, 1.54) is 30.2 Å². The van der Waals surface area contributed by atoms with E-state index >= 15 is 0 Å². The standard InChI is InChI=1S/C16H20O2S4/c1-11(17)12-3-5-13(6-4-12)16(18)22-10-15-9-20-14(7-19-2)8-21-15/h3-6,14-15H,7-10H2,1-2H3. The Morgan fingerprint density at radius 1 is 1.05 bits per heavy atom. The first kappa shape index (κ1) is 18.3. The molecule has 22 heavy (non-hydrogen) atoms. The summed E-state index contributed by atoms with van der Waals surface area (Å²) in [5.41, 5.74) is 1.34. The Balaban J connectivity index is 1.77. The van der Waals surface area contributed by atoms with Gasteiger partial charge in [0.15, 0.2) is 5.78 Å². The fourth-order valence-corrected chi connectivity index (χ4v) is 7.43. The van der Waals surface area contributed by atoms with E-state index in [2.05, 4.69) is 6.26 Å². The lowest BCUT2D eigenvalue weighted by Crippen LogP contribution is -2.25. The molecule has 0 amide bonds. The summed E-state index contributed by atoms with van der Waals surface area (Å²) < 4.78 is 0. The van der Waals surface area contributed by atoms with Crippen molar-refractivity contribution in [3.05, 3.63) is 35.4 Å². The van der Waals surface area contributed by atoms with Crippen molar-refractivity contribution in [3.63, 3.8) is 0 Å². The quantitative estimate of drug-likeness (QED) is 0.691. The number of hydrogen-bond acceptors (Lipinski definition) is 6. The second-order valence-electron chi connectivity index (χ2n) is 5.10. The molecule has 2 atom stereocenters. The van der Waals surface area contributed by atoms with Crippen LogP contribution in [0.15, 0.2) is 24.3 Å². The molecule has 0 N–H and O–H groups in total. The highest BCUT2D eigenvalue weighted by atomic mass is 32.2. The number of carbonyl (C=O) groups excluding carboxylic acids is 2. The summed E-state index contributed by atoms with van der Waals surface area (Å²) in [5.74, 6) is 4.45. The molecule has 0 radical (unpaired) electrons. The van der Waals surface area contributed by atoms with Crippen LogP contribution in [0, 0.1) is 0 Å². The van der Waals surface area contributed by atoms with E-state index in [0.717, 1.165) is 16.8 Å². The van der Waals surface area contributed by atoms with Gasteiger partial charge in [-0.15, -0.1) is 0 Å². The van der Waals surface area contributed by atoms with Gasteiger partial charge in [0.25, 0.3) is 0 Å². The number of benzene rings is 1. The topological polar surface area (TPSA) is 34.1 Å². The van der Waals surface area contributed by atoms with Crippen molar-refractivity contribution >= 4 is 57.9 Å². The Hall–Kier alpha value is -0.0400. The van der Waals surface area contributed by atoms with Gasteiger partial charge >= 0.3 is 0 Å². The SMILES string of the molecule is CSCC1CSC(CSC(=O)c2ccc(C(C)=O)cc2)CS1. The van der Waals surface area contributed by atoms with Crippen LogP contribution in [0.25, 0.3) is 0 Å². The molecule has 1 fully saturated rings. The zero-order valence-corrected chi connectivity index (χ0v) is 16.0. The first-order valence-corrected chi connectivity index (χ1v) is 11.6. The second-order valence-corrected chi connectivity index (χ2v) is 9.67. The molecule has 0 spiro atoms. The van der Waals surface area contributed by atoms with E-state index in [1.54, 1.807) is 24.3 Å². The van der Waals surface area contributed by atoms with Gasteiger partial charge < -0.3 is 0 Å². The Morgan fingerprint density at radius 3 is 2.09 bits per heavy atom. The Labute approximate surface area is 149 Å². The first-order valence-electron chi connectivity index (χ1n) is 7.10. The van der Waals surface area contributed by atoms with Gasteiger partial charge in [0.1, 0.15) is 0 Å². The van der Waals surface area contributed by atoms with Crippen molar-refractivity contribution in [3.8, 4) is 0 Å². The monoisotopic (exact) mass is 372 g/mol. The van der Waals surface area contributed by atoms with Crippen molar-refractivity contribution in [1.29, 1.82) is 0 Å². The lowest BCUT2D eigenvalue weighted by atomic mass is 10.1. The van der Waals surface area contributed by atoms with Crippen molar-refractivity contribution in [2.75, 3.05) is 29.3 Å². The van der Waals surface area contributed by atoms with Crippen molar-refractivity contribution in [1.82, 2.24) is 0 Å². The zero-order chi connectivity index (χ0) is 15.9. The Kier molecular flexibility index (Phi) is 7.74. The molecule has 1 aromatic rings. The van der Waals surface area contributed by atoms with Crippen molar-refractivity contribution in [2.45, 2.75) is 17.4 Å². The number of carbonyl (C=O) groups is 2. The predicted octanol–water partition coefficient (Wildman–Crippen LogP) is 4.34. The summed E-state index contributed by atoms with van der Waals surface area (Å²) in [6.45, 7) is 1.54. The zero-order valence-electron chi connectivity index (χ0n) is 12.7. The van der Waals surface area contributed by atoms with Crippen LogP contribution in [0.3, 0.4) is 0 Å². The summed E-state index contributed by atoms with van der Waals surface area (Å²) in [6, 6.07) is 6.97. The maximum atomic E-state index is 12.2. The molecule has 1 saturated heterocycles. The van der Waals surface area contributed by atoms with Gasteiger partial charge in [-0.05, 0) is 25.3 Å². The molecule has 0 bridgehead atoms. The molecule has 1 heterocycles. The average Bonchev–Trinajstić information content (AvgIpc) is 2.54. The van der Waals surface area contributed by atoms with Gasteiger partial charge in [-0.2, -0.15) is 35.3 Å². The molecule has 0 aliphatic carbocycles. The summed E-state index contributed by atoms with van der Waals surface area (Å²) in [5, 5.41) is 1.43. The molecular weight excluding hydrogens is 352 g/mol. The van der Waals surface area contributed by atoms with E-state index in [9.17, 15) is 9.59 Å². The van der Waals surface area contributed by atoms with Crippen molar-refractivity contribution in [2.24, 2.45) is 0 Å². The number of thioether (sulfide) groups is 4. The molecule has 1 aromatic carbocycles. The highest BCUT2D eigenvalue weighted by molar-refractivity contribution is 8.15. The molecule has 2 nitrogen and oxygen atoms in total. The minimum absolute atomic E-state index is 0.0297. The minimum atomic E-state index is 0.0297. The van der Waals surface area contributed by atoms with Crippen LogP contribution in [0.4, 0.5) is 0 Å². The summed E-state index contributed by atoms with van der Waals surface area (Å²) in [7, 11) is 0. The second kappa shape index (κ2) is 9.30. The van der Waals surface area contributed by atoms with Crippen molar-refractivity contribution < 1.29 is 9.59 Å². The van der Waals surface area contributed by atoms with Gasteiger partial charge in [-0.25, -0.2) is 0 Å². The van der Waals surface area contributed by atoms with Crippen LogP contribution >= 0.6 is 47.0 Å². The van der Waals surface area contributed by atoms with E-state index in [4.69, 9.17) is 0 Å². The van der Waals surface area contributed by atoms with E-state index in [0.29, 0.717) is 16.4 Å². The molecule has 6 heteroatoms. The van der Waals surface area contributed by atoms with Crippen LogP contribution in [0.2, 0.25) is 0 Å². The Morgan fingerprint density at radius 2 is 1.59 bits per heavy atom. The molecular formula is C16H20O2S4. The van der Waals surface area contributed by atoms with E-state index in [1.807, 2.05) is 35.3 Å². The highest BCUT2D eigenvalue weighted by Gasteiger charge is 2.22. The molecule has 0 aromatic heterocycles. The van der Waals surface area contributed by atoms with Gasteiger partial charge in [-0.1, -0.05) is 23.9 Å². The molecule has 0 saturated carbocycles. The third-order valence-electron chi connectivity index (χ3n) is 3.32. The van der Waals surface area contributed by atoms with Gasteiger partial charge in [0, 0.05) is 44.6 Å². The molecule has 2 rings (SSSR count). The molecule has 2 unspecified atom stereocenters. The lowest BCUT2D eigenvalue weighted by Gasteiger charge is -2.26. The maximum Gasteiger partial charge on any atom is 0.219 e. The predicted molar refractivity (Wildman–Crippen MR) is 104 cm³/mol. The smallest absolute Gasteiger partial charge is 0.219 e. The van der Waals surface area contributed by atoms with Gasteiger partial charge in [0.2, 0.25) is 5.12 Å². The molecule has 1 aliphatic rings. The highest BCUT2D eigenvalue weighted by Crippen LogP contribution is 2.33. The van der Waals surface area contributed by atoms with Crippen LogP contribution in [0.1, 0.15) is 27.6 Å². The third kappa shape index (κ3) is 5.55. The lowest BCUT2D eigenvalue weighted by molar-refractivity contribution is 0.101. The third-order valence-corrected chi connectivity index (χ3v) is 8.76. The van der Waals surface area contributed by atoms with Crippen LogP contribution < -0.4 is 0 Å². The Bertz CT molecular complexity index is 507.